The summed E-state index contributed by atoms with van der Waals surface area (Å²) >= 11 is 0. The molecule has 0 saturated heterocycles. The number of sulfonamides is 2. The molecule has 220 valence electrons. The minimum Gasteiger partial charge on any atom is -0.488 e. The van der Waals surface area contributed by atoms with Crippen LogP contribution in [0.5, 0.6) is 5.75 Å². The molecule has 0 fully saturated rings. The van der Waals surface area contributed by atoms with Crippen molar-refractivity contribution in [2.45, 2.75) is 42.7 Å². The number of benzene rings is 3. The number of nitrogens with zero attached hydrogens (tertiary/aromatic N) is 2. The summed E-state index contributed by atoms with van der Waals surface area (Å²) in [4.78, 5) is 15.4. The van der Waals surface area contributed by atoms with Crippen LogP contribution in [0.25, 0.3) is 0 Å². The predicted molar refractivity (Wildman–Crippen MR) is 156 cm³/mol. The molecule has 3 aromatic rings. The monoisotopic (exact) mass is 601 g/mol. The lowest BCUT2D eigenvalue weighted by atomic mass is 9.99. The van der Waals surface area contributed by atoms with Gasteiger partial charge in [0.25, 0.3) is 15.9 Å². The normalized spacial score (nSPS) is 18.7. The van der Waals surface area contributed by atoms with Crippen LogP contribution in [0, 0.1) is 12.8 Å². The quantitative estimate of drug-likeness (QED) is 0.384. The molecule has 0 aromatic heterocycles. The highest BCUT2D eigenvalue weighted by Gasteiger charge is 2.35. The van der Waals surface area contributed by atoms with Crippen molar-refractivity contribution in [3.63, 3.8) is 0 Å². The van der Waals surface area contributed by atoms with Crippen molar-refractivity contribution in [1.82, 2.24) is 9.21 Å². The number of nitrogens with one attached hydrogen (secondary N) is 1. The summed E-state index contributed by atoms with van der Waals surface area (Å²) in [6, 6.07) is 18.3. The molecule has 0 aliphatic carbocycles. The summed E-state index contributed by atoms with van der Waals surface area (Å²) in [5, 5.41) is 9.89. The Kier molecular flexibility index (Phi) is 9.07. The molecule has 0 bridgehead atoms. The Morgan fingerprint density at radius 1 is 1.02 bits per heavy atom. The lowest BCUT2D eigenvalue weighted by Crippen LogP contribution is -2.50. The van der Waals surface area contributed by atoms with Gasteiger partial charge in [0.15, 0.2) is 0 Å². The summed E-state index contributed by atoms with van der Waals surface area (Å²) < 4.78 is 62.4. The zero-order valence-corrected chi connectivity index (χ0v) is 25.0. The van der Waals surface area contributed by atoms with Crippen molar-refractivity contribution < 1.29 is 31.5 Å². The second-order valence-corrected chi connectivity index (χ2v) is 14.1. The van der Waals surface area contributed by atoms with Crippen LogP contribution >= 0.6 is 0 Å². The molecule has 4 rings (SSSR count). The Hall–Kier alpha value is -3.45. The molecule has 1 heterocycles. The van der Waals surface area contributed by atoms with Gasteiger partial charge >= 0.3 is 0 Å². The van der Waals surface area contributed by atoms with Gasteiger partial charge in [0.2, 0.25) is 10.0 Å². The van der Waals surface area contributed by atoms with Gasteiger partial charge in [0.1, 0.15) is 11.9 Å². The first kappa shape index (κ1) is 30.5. The van der Waals surface area contributed by atoms with Gasteiger partial charge in [0, 0.05) is 25.2 Å². The molecular formula is C29H35N3O7S2. The van der Waals surface area contributed by atoms with E-state index in [1.807, 2.05) is 13.8 Å². The number of carbonyl (C=O) groups excluding carboxylic acids is 1. The maximum Gasteiger partial charge on any atom is 0.261 e. The molecule has 0 radical (unpaired) electrons. The second kappa shape index (κ2) is 12.2. The van der Waals surface area contributed by atoms with Crippen molar-refractivity contribution in [2.24, 2.45) is 5.92 Å². The van der Waals surface area contributed by atoms with E-state index in [4.69, 9.17) is 4.74 Å². The van der Waals surface area contributed by atoms with E-state index in [1.165, 1.54) is 46.6 Å². The third-order valence-corrected chi connectivity index (χ3v) is 10.4. The molecule has 0 unspecified atom stereocenters. The number of anilines is 1. The maximum atomic E-state index is 13.7. The van der Waals surface area contributed by atoms with Gasteiger partial charge < -0.3 is 14.7 Å². The zero-order chi connectivity index (χ0) is 29.9. The Labute approximate surface area is 241 Å². The molecule has 3 atom stereocenters. The van der Waals surface area contributed by atoms with Crippen LogP contribution in [0.3, 0.4) is 0 Å². The number of carbonyl (C=O) groups is 1. The fraction of sp³-hybridized carbons (Fsp3) is 0.345. The van der Waals surface area contributed by atoms with E-state index < -0.39 is 38.1 Å². The number of hydrogen-bond donors (Lipinski definition) is 2. The highest BCUT2D eigenvalue weighted by atomic mass is 32.2. The van der Waals surface area contributed by atoms with E-state index in [9.17, 15) is 26.7 Å². The number of aryl methyl sites for hydroxylation is 1. The molecule has 2 N–H and O–H groups in total. The third-order valence-electron chi connectivity index (χ3n) is 7.14. The highest BCUT2D eigenvalue weighted by molar-refractivity contribution is 7.92. The van der Waals surface area contributed by atoms with E-state index in [0.717, 1.165) is 5.56 Å². The van der Waals surface area contributed by atoms with Crippen LogP contribution in [0.15, 0.2) is 82.6 Å². The fourth-order valence-electron chi connectivity index (χ4n) is 4.56. The molecule has 12 heteroatoms. The molecule has 1 amide bonds. The number of amides is 1. The van der Waals surface area contributed by atoms with E-state index in [1.54, 1.807) is 49.4 Å². The van der Waals surface area contributed by atoms with Crippen LogP contribution in [-0.4, -0.2) is 75.9 Å². The smallest absolute Gasteiger partial charge is 0.261 e. The van der Waals surface area contributed by atoms with E-state index >= 15 is 0 Å². The first-order chi connectivity index (χ1) is 19.3. The van der Waals surface area contributed by atoms with Crippen molar-refractivity contribution in [3.05, 3.63) is 83.9 Å². The van der Waals surface area contributed by atoms with Gasteiger partial charge in [0.05, 0.1) is 34.5 Å². The second-order valence-electron chi connectivity index (χ2n) is 10.4. The number of hydrogen-bond acceptors (Lipinski definition) is 7. The Morgan fingerprint density at radius 3 is 2.32 bits per heavy atom. The van der Waals surface area contributed by atoms with Gasteiger partial charge in [-0.25, -0.2) is 16.8 Å². The molecular weight excluding hydrogens is 566 g/mol. The Morgan fingerprint density at radius 2 is 1.68 bits per heavy atom. The van der Waals surface area contributed by atoms with Crippen LogP contribution in [0.4, 0.5) is 5.69 Å². The van der Waals surface area contributed by atoms with Gasteiger partial charge in [-0.05, 0) is 56.3 Å². The largest absolute Gasteiger partial charge is 0.488 e. The van der Waals surface area contributed by atoms with Crippen LogP contribution in [0.2, 0.25) is 0 Å². The number of likely N-dealkylation sites (N-methyl/N-ethyl adjacent to an activating group) is 1. The molecule has 3 aromatic carbocycles. The molecule has 41 heavy (non-hydrogen) atoms. The van der Waals surface area contributed by atoms with Crippen molar-refractivity contribution in [3.8, 4) is 5.75 Å². The van der Waals surface area contributed by atoms with E-state index in [2.05, 4.69) is 4.72 Å². The lowest BCUT2D eigenvalue weighted by Gasteiger charge is -2.38. The lowest BCUT2D eigenvalue weighted by molar-refractivity contribution is 0.0387. The minimum absolute atomic E-state index is 0.00522. The minimum atomic E-state index is -3.92. The highest BCUT2D eigenvalue weighted by Crippen LogP contribution is 2.32. The van der Waals surface area contributed by atoms with Crippen molar-refractivity contribution in [2.75, 3.05) is 31.5 Å². The zero-order valence-electron chi connectivity index (χ0n) is 23.4. The maximum absolute atomic E-state index is 13.7. The molecule has 10 nitrogen and oxygen atoms in total. The summed E-state index contributed by atoms with van der Waals surface area (Å²) in [6.45, 7) is 5.33. The van der Waals surface area contributed by atoms with Crippen LogP contribution in [0.1, 0.15) is 29.8 Å². The van der Waals surface area contributed by atoms with Gasteiger partial charge in [-0.3, -0.25) is 9.52 Å². The summed E-state index contributed by atoms with van der Waals surface area (Å²) in [5.74, 6) is -0.563. The summed E-state index contributed by atoms with van der Waals surface area (Å²) in [7, 11) is -6.26. The van der Waals surface area contributed by atoms with Gasteiger partial charge in [-0.2, -0.15) is 4.31 Å². The number of aliphatic hydroxyl groups is 1. The number of rotatable bonds is 9. The Balaban J connectivity index is 1.68. The van der Waals surface area contributed by atoms with E-state index in [-0.39, 0.29) is 52.4 Å². The summed E-state index contributed by atoms with van der Waals surface area (Å²) in [6.07, 6.45) is -0.660. The molecule has 1 aliphatic heterocycles. The van der Waals surface area contributed by atoms with Crippen molar-refractivity contribution >= 4 is 31.6 Å². The third kappa shape index (κ3) is 6.72. The first-order valence-corrected chi connectivity index (χ1v) is 16.1. The molecule has 1 aliphatic rings. The number of ether oxygens (including phenoxy) is 1. The van der Waals surface area contributed by atoms with Gasteiger partial charge in [-0.1, -0.05) is 42.8 Å². The standard InChI is InChI=1S/C29H35N3O7S2/c1-20-10-13-25(14-11-20)41(37,38)31(4)18-28-21(2)17-32(22(3)19-33)29(34)26-16-23(12-15-27(26)39-28)30-40(35,36)24-8-6-5-7-9-24/h5-16,21-22,28,30,33H,17-19H2,1-4H3/t21-,22-,28+/m1/s1. The van der Waals surface area contributed by atoms with E-state index in [0.29, 0.717) is 0 Å². The van der Waals surface area contributed by atoms with Crippen LogP contribution < -0.4 is 9.46 Å². The predicted octanol–water partition coefficient (Wildman–Crippen LogP) is 3.34. The Bertz CT molecular complexity index is 1600. The molecule has 0 saturated carbocycles. The average Bonchev–Trinajstić information content (AvgIpc) is 2.95. The summed E-state index contributed by atoms with van der Waals surface area (Å²) in [5.41, 5.74) is 1.19. The first-order valence-electron chi connectivity index (χ1n) is 13.2. The SMILES string of the molecule is Cc1ccc(S(=O)(=O)N(C)C[C@@H]2Oc3ccc(NS(=O)(=O)c4ccccc4)cc3C(=O)N([C@H](C)CO)C[C@H]2C)cc1. The van der Waals surface area contributed by atoms with Gasteiger partial charge in [-0.15, -0.1) is 0 Å². The number of aliphatic hydroxyl groups excluding tert-OH is 1. The van der Waals surface area contributed by atoms with Crippen LogP contribution in [-0.2, 0) is 20.0 Å². The molecule has 0 spiro atoms. The average molecular weight is 602 g/mol. The topological polar surface area (TPSA) is 133 Å². The fourth-order valence-corrected chi connectivity index (χ4v) is 6.81. The number of fused-ring (bicyclic) bond motifs is 1. The van der Waals surface area contributed by atoms with Crippen molar-refractivity contribution in [1.29, 1.82) is 0 Å².